The molecule has 0 bridgehead atoms. The summed E-state index contributed by atoms with van der Waals surface area (Å²) < 4.78 is 93.1. The van der Waals surface area contributed by atoms with Crippen LogP contribution in [0.25, 0.3) is 0 Å². The summed E-state index contributed by atoms with van der Waals surface area (Å²) in [7, 11) is -36.1. The highest BCUT2D eigenvalue weighted by molar-refractivity contribution is 7.98. The Morgan fingerprint density at radius 1 is 0.556 bits per heavy atom. The normalized spacial score (nSPS) is 26.1. The van der Waals surface area contributed by atoms with Crippen molar-refractivity contribution in [2.24, 2.45) is 5.73 Å². The SMILES string of the molecule is CSCC[C@H](N)C(=O)O.O=P(O)(O)O[C@H]1[C@H](OP(=O)(O)O)[C@@H](OP(=O)(O)O)[C@H](OP(=O)(O)O)[C@@H](OP(=O)(O)O)[C@H]1OP(=O)(O)O. The molecule has 34 heteroatoms. The number of rotatable bonds is 16. The summed E-state index contributed by atoms with van der Waals surface area (Å²) in [6.45, 7) is 0. The van der Waals surface area contributed by atoms with Gasteiger partial charge in [0.1, 0.15) is 42.7 Å². The Morgan fingerprint density at radius 2 is 0.733 bits per heavy atom. The van der Waals surface area contributed by atoms with Gasteiger partial charge in [0.05, 0.1) is 0 Å². The molecule has 0 heterocycles. The summed E-state index contributed by atoms with van der Waals surface area (Å²) >= 11 is 1.60. The van der Waals surface area contributed by atoms with E-state index in [1.54, 1.807) is 11.8 Å². The van der Waals surface area contributed by atoms with Gasteiger partial charge in [0.25, 0.3) is 0 Å². The predicted molar refractivity (Wildman–Crippen MR) is 140 cm³/mol. The molecule has 1 saturated carbocycles. The average molecular weight is 809 g/mol. The summed E-state index contributed by atoms with van der Waals surface area (Å²) in [4.78, 5) is 120. The predicted octanol–water partition coefficient (Wildman–Crippen LogP) is -2.98. The molecule has 0 saturated heterocycles. The Kier molecular flexibility index (Phi) is 17.6. The van der Waals surface area contributed by atoms with Crippen molar-refractivity contribution >= 4 is 64.7 Å². The van der Waals surface area contributed by atoms with Crippen LogP contribution in [0, 0.1) is 0 Å². The van der Waals surface area contributed by atoms with Crippen LogP contribution < -0.4 is 5.73 Å². The van der Waals surface area contributed by atoms with Gasteiger partial charge in [0.2, 0.25) is 0 Å². The van der Waals surface area contributed by atoms with Gasteiger partial charge in [-0.15, -0.1) is 0 Å². The summed E-state index contributed by atoms with van der Waals surface area (Å²) in [5.41, 5.74) is 5.19. The minimum atomic E-state index is -6.02. The van der Waals surface area contributed by atoms with E-state index in [0.29, 0.717) is 6.42 Å². The molecule has 0 aromatic rings. The molecular formula is C11H29NO26P6S. The van der Waals surface area contributed by atoms with Crippen molar-refractivity contribution in [1.29, 1.82) is 0 Å². The number of carboxylic acid groups (broad SMARTS) is 1. The van der Waals surface area contributed by atoms with Crippen LogP contribution in [-0.4, -0.2) is 124 Å². The lowest BCUT2D eigenvalue weighted by atomic mass is 9.85. The number of phosphoric ester groups is 6. The Morgan fingerprint density at radius 3 is 0.844 bits per heavy atom. The van der Waals surface area contributed by atoms with Crippen LogP contribution in [0.1, 0.15) is 6.42 Å². The van der Waals surface area contributed by atoms with Crippen molar-refractivity contribution in [1.82, 2.24) is 0 Å². The second-order valence-corrected chi connectivity index (χ2v) is 16.2. The second kappa shape index (κ2) is 17.4. The van der Waals surface area contributed by atoms with Crippen molar-refractivity contribution in [2.75, 3.05) is 12.0 Å². The largest absolute Gasteiger partial charge is 0.480 e. The molecule has 1 aliphatic rings. The van der Waals surface area contributed by atoms with Crippen LogP contribution in [0.3, 0.4) is 0 Å². The second-order valence-electron chi connectivity index (χ2n) is 8.09. The number of aliphatic carboxylic acids is 1. The van der Waals surface area contributed by atoms with Gasteiger partial charge < -0.3 is 69.6 Å². The lowest BCUT2D eigenvalue weighted by Crippen LogP contribution is -2.66. The molecule has 270 valence electrons. The van der Waals surface area contributed by atoms with E-state index in [9.17, 15) is 32.2 Å². The topological polar surface area (TPSA) is 464 Å². The number of hydrogen-bond acceptors (Lipinski definition) is 15. The van der Waals surface area contributed by atoms with Crippen molar-refractivity contribution in [3.63, 3.8) is 0 Å². The minimum Gasteiger partial charge on any atom is -0.480 e. The standard InChI is InChI=1S/C6H18O24P6.C5H11NO2S/c7-31(8,9)25-1-2(26-32(10,11)12)4(28-34(16,17)18)6(30-36(22,23)24)5(29-35(19,20)21)3(1)27-33(13,14)15;1-9-3-2-4(6)5(7)8/h1-6H,(H2,7,8,9)(H2,10,11,12)(H2,13,14,15)(H2,16,17,18)(H2,19,20,21)(H2,22,23,24);4H,2-3,6H2,1H3,(H,7,8)/t1-,2-,3-,4+,5-,6-;4-/m.0/s1. The molecule has 0 spiro atoms. The van der Waals surface area contributed by atoms with Gasteiger partial charge in [0.15, 0.2) is 0 Å². The molecule has 0 radical (unpaired) electrons. The molecule has 0 unspecified atom stereocenters. The Labute approximate surface area is 254 Å². The summed E-state index contributed by atoms with van der Waals surface area (Å²) in [6, 6.07) is -0.683. The van der Waals surface area contributed by atoms with Gasteiger partial charge in [-0.25, -0.2) is 27.4 Å². The fourth-order valence-electron chi connectivity index (χ4n) is 3.16. The summed E-state index contributed by atoms with van der Waals surface area (Å²) in [5.74, 6) is -0.1000. The van der Waals surface area contributed by atoms with E-state index in [1.807, 2.05) is 6.26 Å². The number of thioether (sulfide) groups is 1. The quantitative estimate of drug-likeness (QED) is 0.0692. The molecule has 0 aromatic carbocycles. The lowest BCUT2D eigenvalue weighted by molar-refractivity contribution is -0.202. The highest BCUT2D eigenvalue weighted by Crippen LogP contribution is 2.57. The Balaban J connectivity index is 0.00000186. The third-order valence-corrected chi connectivity index (χ3v) is 8.20. The third kappa shape index (κ3) is 20.5. The molecule has 15 N–H and O–H groups in total. The molecule has 45 heavy (non-hydrogen) atoms. The molecule has 1 atom stereocenters. The third-order valence-electron chi connectivity index (χ3n) is 4.45. The first-order chi connectivity index (χ1) is 19.8. The van der Waals surface area contributed by atoms with E-state index in [1.165, 1.54) is 0 Å². The first-order valence-electron chi connectivity index (χ1n) is 10.7. The fourth-order valence-corrected chi connectivity index (χ4v) is 6.99. The number of hydrogen-bond donors (Lipinski definition) is 14. The maximum atomic E-state index is 11.4. The number of carboxylic acids is 1. The van der Waals surface area contributed by atoms with Crippen LogP contribution in [-0.2, 0) is 59.3 Å². The van der Waals surface area contributed by atoms with Gasteiger partial charge in [0, 0.05) is 0 Å². The zero-order valence-electron chi connectivity index (χ0n) is 21.7. The number of phosphoric acid groups is 6. The first-order valence-corrected chi connectivity index (χ1v) is 21.2. The van der Waals surface area contributed by atoms with Crippen molar-refractivity contribution in [3.05, 3.63) is 0 Å². The summed E-state index contributed by atoms with van der Waals surface area (Å²) in [6.07, 6.45) is -16.4. The van der Waals surface area contributed by atoms with Crippen LogP contribution >= 0.6 is 58.7 Å². The molecule has 1 aliphatic carbocycles. The molecule has 27 nitrogen and oxygen atoms in total. The maximum Gasteiger partial charge on any atom is 0.470 e. The van der Waals surface area contributed by atoms with E-state index in [4.69, 9.17) is 69.6 Å². The number of nitrogens with two attached hydrogens (primary N) is 1. The van der Waals surface area contributed by atoms with E-state index in [-0.39, 0.29) is 0 Å². The van der Waals surface area contributed by atoms with E-state index < -0.39 is 95.6 Å². The zero-order chi connectivity index (χ0) is 36.0. The van der Waals surface area contributed by atoms with Crippen LogP contribution in [0.5, 0.6) is 0 Å². The van der Waals surface area contributed by atoms with Crippen LogP contribution in [0.4, 0.5) is 0 Å². The van der Waals surface area contributed by atoms with E-state index >= 15 is 0 Å². The van der Waals surface area contributed by atoms with Crippen molar-refractivity contribution < 1.29 is 123 Å². The average Bonchev–Trinajstić information content (AvgIpc) is 2.75. The molecule has 0 aliphatic heterocycles. The van der Waals surface area contributed by atoms with Gasteiger partial charge in [-0.05, 0) is 18.4 Å². The van der Waals surface area contributed by atoms with Crippen LogP contribution in [0.15, 0.2) is 0 Å². The van der Waals surface area contributed by atoms with Crippen LogP contribution in [0.2, 0.25) is 0 Å². The monoisotopic (exact) mass is 809 g/mol. The minimum absolute atomic E-state index is 0.552. The molecule has 0 amide bonds. The first kappa shape index (κ1) is 45.4. The fraction of sp³-hybridized carbons (Fsp3) is 0.909. The van der Waals surface area contributed by atoms with Gasteiger partial charge in [-0.1, -0.05) is 0 Å². The van der Waals surface area contributed by atoms with E-state index in [2.05, 4.69) is 27.1 Å². The Hall–Kier alpha value is 0.440. The molecule has 1 rings (SSSR count). The molecule has 1 fully saturated rings. The van der Waals surface area contributed by atoms with Gasteiger partial charge >= 0.3 is 52.9 Å². The smallest absolute Gasteiger partial charge is 0.470 e. The van der Waals surface area contributed by atoms with Gasteiger partial charge in [-0.2, -0.15) is 11.8 Å². The zero-order valence-corrected chi connectivity index (χ0v) is 27.9. The number of carbonyl (C=O) groups is 1. The highest BCUT2D eigenvalue weighted by atomic mass is 32.2. The molecule has 0 aromatic heterocycles. The van der Waals surface area contributed by atoms with Gasteiger partial charge in [-0.3, -0.25) is 31.9 Å². The summed E-state index contributed by atoms with van der Waals surface area (Å²) in [5, 5.41) is 8.27. The van der Waals surface area contributed by atoms with Crippen molar-refractivity contribution in [3.8, 4) is 0 Å². The lowest BCUT2D eigenvalue weighted by Gasteiger charge is -2.48. The Bertz CT molecular complexity index is 1030. The van der Waals surface area contributed by atoms with Crippen molar-refractivity contribution in [2.45, 2.75) is 49.1 Å². The molecular weight excluding hydrogens is 780 g/mol. The highest BCUT2D eigenvalue weighted by Gasteiger charge is 2.62. The maximum absolute atomic E-state index is 11.4. The van der Waals surface area contributed by atoms with E-state index in [0.717, 1.165) is 5.75 Å².